The van der Waals surface area contributed by atoms with Gasteiger partial charge >= 0.3 is 0 Å². The van der Waals surface area contributed by atoms with Gasteiger partial charge in [-0.05, 0) is 18.2 Å². The molecule has 2 nitrogen and oxygen atoms in total. The quantitative estimate of drug-likeness (QED) is 0.564. The first-order valence-corrected chi connectivity index (χ1v) is 3.19. The normalized spacial score (nSPS) is 9.73. The smallest absolute Gasteiger partial charge is 0.134 e. The first kappa shape index (κ1) is 5.99. The molecule has 0 saturated carbocycles. The summed E-state index contributed by atoms with van der Waals surface area (Å²) in [5.74, 6) is 0. The fraction of sp³-hybridized carbons (Fsp3) is 0. The van der Waals surface area contributed by atoms with Gasteiger partial charge in [0, 0.05) is 11.5 Å². The average Bonchev–Trinajstić information content (AvgIpc) is 2.50. The molecular formula is C9H4NO. The van der Waals surface area contributed by atoms with Crippen LogP contribution in [0.2, 0.25) is 0 Å². The Morgan fingerprint density at radius 3 is 3.18 bits per heavy atom. The van der Waals surface area contributed by atoms with Gasteiger partial charge in [0.05, 0.1) is 17.9 Å². The van der Waals surface area contributed by atoms with Crippen molar-refractivity contribution in [3.05, 3.63) is 36.1 Å². The van der Waals surface area contributed by atoms with Crippen molar-refractivity contribution in [2.24, 2.45) is 0 Å². The van der Waals surface area contributed by atoms with Crippen LogP contribution >= 0.6 is 0 Å². The van der Waals surface area contributed by atoms with Gasteiger partial charge in [-0.15, -0.1) is 0 Å². The second-order valence-corrected chi connectivity index (χ2v) is 2.20. The summed E-state index contributed by atoms with van der Waals surface area (Å²) in [4.78, 5) is 0. The molecule has 1 heterocycles. The maximum atomic E-state index is 8.54. The molecule has 2 aromatic rings. The zero-order valence-corrected chi connectivity index (χ0v) is 5.66. The number of fused-ring (bicyclic) bond motifs is 1. The Labute approximate surface area is 63.7 Å². The van der Waals surface area contributed by atoms with Crippen molar-refractivity contribution in [3.63, 3.8) is 0 Å². The Bertz CT molecular complexity index is 422. The van der Waals surface area contributed by atoms with Crippen molar-refractivity contribution in [1.29, 1.82) is 5.26 Å². The van der Waals surface area contributed by atoms with Crippen molar-refractivity contribution in [3.8, 4) is 6.07 Å². The lowest BCUT2D eigenvalue weighted by Gasteiger charge is -1.86. The van der Waals surface area contributed by atoms with E-state index in [9.17, 15) is 0 Å². The van der Waals surface area contributed by atoms with E-state index in [0.717, 1.165) is 11.0 Å². The van der Waals surface area contributed by atoms with Crippen LogP contribution < -0.4 is 0 Å². The molecular weight excluding hydrogens is 138 g/mol. The summed E-state index contributed by atoms with van der Waals surface area (Å²) in [6, 6.07) is 10.2. The molecule has 0 atom stereocenters. The topological polar surface area (TPSA) is 36.9 Å². The van der Waals surface area contributed by atoms with Crippen LogP contribution in [0.3, 0.4) is 0 Å². The molecule has 1 aromatic heterocycles. The van der Waals surface area contributed by atoms with E-state index in [1.807, 2.05) is 6.07 Å². The molecule has 1 radical (unpaired) electrons. The molecule has 0 aliphatic carbocycles. The van der Waals surface area contributed by atoms with Crippen LogP contribution in [0.15, 0.2) is 28.9 Å². The number of nitrogens with zero attached hydrogens (tertiary/aromatic N) is 1. The van der Waals surface area contributed by atoms with Crippen LogP contribution in [0.1, 0.15) is 5.56 Å². The van der Waals surface area contributed by atoms with Crippen LogP contribution in [0.4, 0.5) is 0 Å². The molecule has 0 saturated heterocycles. The molecule has 0 fully saturated rings. The van der Waals surface area contributed by atoms with Gasteiger partial charge in [-0.25, -0.2) is 0 Å². The molecule has 0 bridgehead atoms. The Hall–Kier alpha value is -1.75. The maximum absolute atomic E-state index is 8.54. The van der Waals surface area contributed by atoms with Crippen molar-refractivity contribution < 1.29 is 4.42 Å². The molecule has 0 N–H and O–H groups in total. The number of hydrogen-bond acceptors (Lipinski definition) is 2. The monoisotopic (exact) mass is 142 g/mol. The molecule has 0 unspecified atom stereocenters. The molecule has 0 spiro atoms. The summed E-state index contributed by atoms with van der Waals surface area (Å²) in [6.45, 7) is 0. The molecule has 51 valence electrons. The van der Waals surface area contributed by atoms with Crippen LogP contribution in [-0.2, 0) is 0 Å². The molecule has 1 aromatic carbocycles. The van der Waals surface area contributed by atoms with Crippen LogP contribution in [0.5, 0.6) is 0 Å². The van der Waals surface area contributed by atoms with E-state index in [4.69, 9.17) is 9.68 Å². The Morgan fingerprint density at radius 1 is 1.45 bits per heavy atom. The minimum Gasteiger partial charge on any atom is -0.464 e. The third-order valence-electron chi connectivity index (χ3n) is 1.51. The van der Waals surface area contributed by atoms with Gasteiger partial charge in [-0.2, -0.15) is 5.26 Å². The lowest BCUT2D eigenvalue weighted by Crippen LogP contribution is -1.70. The summed E-state index contributed by atoms with van der Waals surface area (Å²) in [6.07, 6.45) is 1.49. The largest absolute Gasteiger partial charge is 0.464 e. The van der Waals surface area contributed by atoms with Gasteiger partial charge in [0.2, 0.25) is 0 Å². The van der Waals surface area contributed by atoms with E-state index in [-0.39, 0.29) is 0 Å². The zero-order valence-electron chi connectivity index (χ0n) is 5.66. The maximum Gasteiger partial charge on any atom is 0.134 e. The second-order valence-electron chi connectivity index (χ2n) is 2.20. The first-order valence-electron chi connectivity index (χ1n) is 3.19. The highest BCUT2D eigenvalue weighted by atomic mass is 16.3. The fourth-order valence-electron chi connectivity index (χ4n) is 0.972. The van der Waals surface area contributed by atoms with E-state index < -0.39 is 0 Å². The van der Waals surface area contributed by atoms with Gasteiger partial charge in [0.1, 0.15) is 5.58 Å². The van der Waals surface area contributed by atoms with Crippen LogP contribution in [0.25, 0.3) is 11.0 Å². The Kier molecular flexibility index (Phi) is 1.16. The van der Waals surface area contributed by atoms with Crippen LogP contribution in [0, 0.1) is 17.4 Å². The van der Waals surface area contributed by atoms with E-state index in [1.54, 1.807) is 18.2 Å². The predicted octanol–water partition coefficient (Wildman–Crippen LogP) is 2.10. The summed E-state index contributed by atoms with van der Waals surface area (Å²) in [5.41, 5.74) is 1.40. The summed E-state index contributed by atoms with van der Waals surface area (Å²) in [5, 5.41) is 9.39. The number of furan rings is 1. The third kappa shape index (κ3) is 0.870. The van der Waals surface area contributed by atoms with Crippen molar-refractivity contribution >= 4 is 11.0 Å². The van der Waals surface area contributed by atoms with E-state index in [1.165, 1.54) is 6.26 Å². The lowest BCUT2D eigenvalue weighted by molar-refractivity contribution is 0.615. The molecule has 0 aliphatic heterocycles. The zero-order chi connectivity index (χ0) is 7.68. The highest BCUT2D eigenvalue weighted by Crippen LogP contribution is 2.15. The van der Waals surface area contributed by atoms with Gasteiger partial charge < -0.3 is 4.42 Å². The SMILES string of the molecule is N#Cc1ccc2oc[c]c2c1. The number of nitriles is 1. The number of rotatable bonds is 0. The summed E-state index contributed by atoms with van der Waals surface area (Å²) >= 11 is 0. The third-order valence-corrected chi connectivity index (χ3v) is 1.51. The minimum atomic E-state index is 0.634. The average molecular weight is 142 g/mol. The summed E-state index contributed by atoms with van der Waals surface area (Å²) < 4.78 is 5.05. The first-order chi connectivity index (χ1) is 5.40. The van der Waals surface area contributed by atoms with Crippen molar-refractivity contribution in [1.82, 2.24) is 0 Å². The van der Waals surface area contributed by atoms with E-state index >= 15 is 0 Å². The summed E-state index contributed by atoms with van der Waals surface area (Å²) in [7, 11) is 0. The van der Waals surface area contributed by atoms with E-state index in [2.05, 4.69) is 6.07 Å². The van der Waals surface area contributed by atoms with Gasteiger partial charge in [0.15, 0.2) is 0 Å². The lowest BCUT2D eigenvalue weighted by atomic mass is 10.2. The van der Waals surface area contributed by atoms with Gasteiger partial charge in [-0.3, -0.25) is 0 Å². The molecule has 2 heteroatoms. The van der Waals surface area contributed by atoms with Crippen LogP contribution in [-0.4, -0.2) is 0 Å². The van der Waals surface area contributed by atoms with Crippen molar-refractivity contribution in [2.45, 2.75) is 0 Å². The molecule has 11 heavy (non-hydrogen) atoms. The molecule has 0 amide bonds. The van der Waals surface area contributed by atoms with E-state index in [0.29, 0.717) is 5.56 Å². The van der Waals surface area contributed by atoms with Gasteiger partial charge in [0.25, 0.3) is 0 Å². The Balaban J connectivity index is 2.79. The highest BCUT2D eigenvalue weighted by Gasteiger charge is 1.96. The Morgan fingerprint density at radius 2 is 2.36 bits per heavy atom. The highest BCUT2D eigenvalue weighted by molar-refractivity contribution is 5.77. The minimum absolute atomic E-state index is 0.634. The van der Waals surface area contributed by atoms with Gasteiger partial charge in [-0.1, -0.05) is 0 Å². The molecule has 0 aliphatic rings. The fourth-order valence-corrected chi connectivity index (χ4v) is 0.972. The molecule has 2 rings (SSSR count). The standard InChI is InChI=1S/C9H4NO/c10-6-7-1-2-9-8(5-7)3-4-11-9/h1-2,4-5H. The second kappa shape index (κ2) is 2.14. The number of hydrogen-bond donors (Lipinski definition) is 0. The van der Waals surface area contributed by atoms with Crippen molar-refractivity contribution in [2.75, 3.05) is 0 Å². The number of benzene rings is 1. The predicted molar refractivity (Wildman–Crippen MR) is 39.8 cm³/mol.